The molecule has 2 heterocycles. The number of rotatable bonds is 2. The Kier molecular flexibility index (Phi) is 4.28. The summed E-state index contributed by atoms with van der Waals surface area (Å²) in [5, 5.41) is 12.6. The van der Waals surface area contributed by atoms with Crippen molar-refractivity contribution in [1.29, 1.82) is 5.26 Å². The van der Waals surface area contributed by atoms with E-state index in [1.165, 1.54) is 37.9 Å². The predicted molar refractivity (Wildman–Crippen MR) is 84.8 cm³/mol. The average Bonchev–Trinajstić information content (AvgIpc) is 3.01. The molecule has 0 aromatic heterocycles. The lowest BCUT2D eigenvalue weighted by Crippen LogP contribution is -2.40. The normalized spacial score (nSPS) is 23.8. The van der Waals surface area contributed by atoms with E-state index in [1.54, 1.807) is 0 Å². The molecule has 2 saturated heterocycles. The molecule has 2 aliphatic rings. The van der Waals surface area contributed by atoms with Crippen LogP contribution in [0.15, 0.2) is 22.7 Å². The molecule has 3 rings (SSSR count). The van der Waals surface area contributed by atoms with Crippen LogP contribution in [-0.2, 0) is 0 Å². The first-order valence-electron chi connectivity index (χ1n) is 7.46. The van der Waals surface area contributed by atoms with E-state index in [0.717, 1.165) is 29.5 Å². The van der Waals surface area contributed by atoms with E-state index in [2.05, 4.69) is 44.3 Å². The Balaban J connectivity index is 1.63. The minimum Gasteiger partial charge on any atom is -0.371 e. The third-order valence-corrected chi connectivity index (χ3v) is 5.30. The zero-order chi connectivity index (χ0) is 13.9. The van der Waals surface area contributed by atoms with Gasteiger partial charge in [-0.15, -0.1) is 0 Å². The number of anilines is 1. The Labute approximate surface area is 129 Å². The molecule has 1 atom stereocenters. The number of hydrogen-bond donors (Lipinski definition) is 1. The molecule has 0 bridgehead atoms. The van der Waals surface area contributed by atoms with Crippen molar-refractivity contribution < 1.29 is 0 Å². The summed E-state index contributed by atoms with van der Waals surface area (Å²) in [4.78, 5) is 2.44. The largest absolute Gasteiger partial charge is 0.371 e. The monoisotopic (exact) mass is 333 g/mol. The fraction of sp³-hybridized carbons (Fsp3) is 0.562. The maximum atomic E-state index is 8.98. The quantitative estimate of drug-likeness (QED) is 0.902. The first kappa shape index (κ1) is 13.9. The van der Waals surface area contributed by atoms with Gasteiger partial charge in [0.25, 0.3) is 0 Å². The minimum absolute atomic E-state index is 0.707. The van der Waals surface area contributed by atoms with E-state index in [-0.39, 0.29) is 0 Å². The first-order valence-corrected chi connectivity index (χ1v) is 8.25. The number of piperidine rings is 1. The van der Waals surface area contributed by atoms with Gasteiger partial charge in [-0.3, -0.25) is 0 Å². The third kappa shape index (κ3) is 2.84. The standard InChI is InChI=1S/C16H20BrN3/c17-15-10-14(4-3-13(15)11-18)20-8-5-12(6-9-20)16-2-1-7-19-16/h3-4,10,12,16,19H,1-2,5-9H2. The summed E-state index contributed by atoms with van der Waals surface area (Å²) in [5.74, 6) is 0.843. The second kappa shape index (κ2) is 6.15. The summed E-state index contributed by atoms with van der Waals surface area (Å²) in [5.41, 5.74) is 1.94. The van der Waals surface area contributed by atoms with Gasteiger partial charge in [0, 0.05) is 29.3 Å². The highest BCUT2D eigenvalue weighted by Crippen LogP contribution is 2.30. The summed E-state index contributed by atoms with van der Waals surface area (Å²) < 4.78 is 0.900. The van der Waals surface area contributed by atoms with Crippen molar-refractivity contribution in [1.82, 2.24) is 5.32 Å². The Bertz CT molecular complexity index is 509. The molecule has 1 aromatic rings. The fourth-order valence-corrected chi connectivity index (χ4v) is 3.92. The molecule has 0 radical (unpaired) electrons. The molecule has 1 N–H and O–H groups in total. The number of nitrogens with zero attached hydrogens (tertiary/aromatic N) is 2. The minimum atomic E-state index is 0.707. The second-order valence-electron chi connectivity index (χ2n) is 5.80. The van der Waals surface area contributed by atoms with Crippen molar-refractivity contribution >= 4 is 21.6 Å². The average molecular weight is 334 g/mol. The van der Waals surface area contributed by atoms with Crippen LogP contribution >= 0.6 is 15.9 Å². The van der Waals surface area contributed by atoms with Crippen LogP contribution < -0.4 is 10.2 Å². The van der Waals surface area contributed by atoms with Gasteiger partial charge in [0.15, 0.2) is 0 Å². The molecule has 0 saturated carbocycles. The molecule has 2 aliphatic heterocycles. The molecule has 0 aliphatic carbocycles. The van der Waals surface area contributed by atoms with Crippen LogP contribution in [0.3, 0.4) is 0 Å². The number of halogens is 1. The van der Waals surface area contributed by atoms with Gasteiger partial charge < -0.3 is 10.2 Å². The Hall–Kier alpha value is -1.05. The van der Waals surface area contributed by atoms with Crippen LogP contribution in [0.2, 0.25) is 0 Å². The molecular formula is C16H20BrN3. The number of benzene rings is 1. The van der Waals surface area contributed by atoms with E-state index in [4.69, 9.17) is 5.26 Å². The van der Waals surface area contributed by atoms with Crippen molar-refractivity contribution in [2.45, 2.75) is 31.7 Å². The van der Waals surface area contributed by atoms with Crippen molar-refractivity contribution in [3.8, 4) is 6.07 Å². The number of nitriles is 1. The maximum absolute atomic E-state index is 8.98. The predicted octanol–water partition coefficient (Wildman–Crippen LogP) is 3.29. The van der Waals surface area contributed by atoms with Gasteiger partial charge in [-0.25, -0.2) is 0 Å². The smallest absolute Gasteiger partial charge is 0.100 e. The van der Waals surface area contributed by atoms with Gasteiger partial charge in [0.2, 0.25) is 0 Å². The van der Waals surface area contributed by atoms with Crippen molar-refractivity contribution in [3.63, 3.8) is 0 Å². The van der Waals surface area contributed by atoms with Gasteiger partial charge in [-0.1, -0.05) is 0 Å². The Morgan fingerprint density at radius 2 is 2.05 bits per heavy atom. The van der Waals surface area contributed by atoms with Crippen LogP contribution in [0.1, 0.15) is 31.2 Å². The topological polar surface area (TPSA) is 39.1 Å². The molecule has 1 aromatic carbocycles. The van der Waals surface area contributed by atoms with Crippen LogP contribution in [0, 0.1) is 17.2 Å². The highest BCUT2D eigenvalue weighted by Gasteiger charge is 2.28. The lowest BCUT2D eigenvalue weighted by atomic mass is 9.88. The summed E-state index contributed by atoms with van der Waals surface area (Å²) in [6.45, 7) is 3.45. The van der Waals surface area contributed by atoms with Crippen molar-refractivity contribution in [3.05, 3.63) is 28.2 Å². The maximum Gasteiger partial charge on any atom is 0.100 e. The number of hydrogen-bond acceptors (Lipinski definition) is 3. The molecule has 0 spiro atoms. The molecule has 2 fully saturated rings. The van der Waals surface area contributed by atoms with Gasteiger partial charge >= 0.3 is 0 Å². The van der Waals surface area contributed by atoms with E-state index in [1.807, 2.05) is 6.07 Å². The second-order valence-corrected chi connectivity index (χ2v) is 6.66. The highest BCUT2D eigenvalue weighted by molar-refractivity contribution is 9.10. The summed E-state index contributed by atoms with van der Waals surface area (Å²) in [6, 6.07) is 9.00. The molecule has 106 valence electrons. The SMILES string of the molecule is N#Cc1ccc(N2CCC(C3CCCN3)CC2)cc1Br. The van der Waals surface area contributed by atoms with Gasteiger partial charge in [-0.2, -0.15) is 5.26 Å². The van der Waals surface area contributed by atoms with Crippen LogP contribution in [-0.4, -0.2) is 25.7 Å². The lowest BCUT2D eigenvalue weighted by Gasteiger charge is -2.36. The molecular weight excluding hydrogens is 314 g/mol. The van der Waals surface area contributed by atoms with Gasteiger partial charge in [0.1, 0.15) is 6.07 Å². The van der Waals surface area contributed by atoms with Gasteiger partial charge in [-0.05, 0) is 72.3 Å². The van der Waals surface area contributed by atoms with Crippen molar-refractivity contribution in [2.24, 2.45) is 5.92 Å². The summed E-state index contributed by atoms with van der Waals surface area (Å²) in [7, 11) is 0. The molecule has 4 heteroatoms. The number of nitrogens with one attached hydrogen (secondary N) is 1. The highest BCUT2D eigenvalue weighted by atomic mass is 79.9. The lowest BCUT2D eigenvalue weighted by molar-refractivity contribution is 0.319. The Morgan fingerprint density at radius 1 is 1.25 bits per heavy atom. The van der Waals surface area contributed by atoms with Crippen LogP contribution in [0.4, 0.5) is 5.69 Å². The zero-order valence-electron chi connectivity index (χ0n) is 11.6. The summed E-state index contributed by atoms with van der Waals surface area (Å²) in [6.07, 6.45) is 5.24. The molecule has 3 nitrogen and oxygen atoms in total. The Morgan fingerprint density at radius 3 is 2.65 bits per heavy atom. The van der Waals surface area contributed by atoms with E-state index in [9.17, 15) is 0 Å². The van der Waals surface area contributed by atoms with Crippen LogP contribution in [0.5, 0.6) is 0 Å². The van der Waals surface area contributed by atoms with Crippen LogP contribution in [0.25, 0.3) is 0 Å². The van der Waals surface area contributed by atoms with Gasteiger partial charge in [0.05, 0.1) is 5.56 Å². The summed E-state index contributed by atoms with van der Waals surface area (Å²) >= 11 is 3.48. The molecule has 20 heavy (non-hydrogen) atoms. The molecule has 0 amide bonds. The van der Waals surface area contributed by atoms with E-state index < -0.39 is 0 Å². The molecule has 1 unspecified atom stereocenters. The first-order chi connectivity index (χ1) is 9.78. The van der Waals surface area contributed by atoms with E-state index >= 15 is 0 Å². The van der Waals surface area contributed by atoms with E-state index in [0.29, 0.717) is 5.56 Å². The fourth-order valence-electron chi connectivity index (χ4n) is 3.47. The zero-order valence-corrected chi connectivity index (χ0v) is 13.2. The van der Waals surface area contributed by atoms with Crippen molar-refractivity contribution in [2.75, 3.05) is 24.5 Å². The third-order valence-electron chi connectivity index (χ3n) is 4.65.